The molecule has 0 amide bonds. The molecule has 8 rings (SSSR count). The van der Waals surface area contributed by atoms with Crippen molar-refractivity contribution in [1.29, 1.82) is 0 Å². The number of benzene rings is 5. The molecular formula is C31H18N2O. The molecule has 3 nitrogen and oxygen atoms in total. The van der Waals surface area contributed by atoms with Crippen LogP contribution in [-0.4, -0.2) is 9.55 Å². The average molecular weight is 434 g/mol. The molecule has 158 valence electrons. The van der Waals surface area contributed by atoms with Gasteiger partial charge in [-0.25, -0.2) is 4.98 Å². The van der Waals surface area contributed by atoms with Crippen molar-refractivity contribution in [2.75, 3.05) is 0 Å². The zero-order chi connectivity index (χ0) is 22.2. The van der Waals surface area contributed by atoms with Crippen molar-refractivity contribution in [3.8, 4) is 5.82 Å². The zero-order valence-electron chi connectivity index (χ0n) is 18.2. The maximum absolute atomic E-state index is 6.63. The summed E-state index contributed by atoms with van der Waals surface area (Å²) < 4.78 is 8.92. The molecule has 0 bridgehead atoms. The van der Waals surface area contributed by atoms with E-state index in [0.717, 1.165) is 38.8 Å². The Morgan fingerprint density at radius 3 is 2.06 bits per heavy atom. The summed E-state index contributed by atoms with van der Waals surface area (Å²) in [6, 6.07) is 36.1. The van der Waals surface area contributed by atoms with Crippen molar-refractivity contribution in [3.63, 3.8) is 0 Å². The van der Waals surface area contributed by atoms with Crippen LogP contribution in [0.25, 0.3) is 71.1 Å². The lowest BCUT2D eigenvalue weighted by atomic mass is 9.98. The van der Waals surface area contributed by atoms with Crippen LogP contribution in [0.5, 0.6) is 0 Å². The molecule has 8 aromatic rings. The Bertz CT molecular complexity index is 2060. The van der Waals surface area contributed by atoms with Gasteiger partial charge >= 0.3 is 0 Å². The average Bonchev–Trinajstić information content (AvgIpc) is 3.46. The van der Waals surface area contributed by atoms with Crippen LogP contribution in [-0.2, 0) is 0 Å². The van der Waals surface area contributed by atoms with E-state index in [4.69, 9.17) is 9.40 Å². The van der Waals surface area contributed by atoms with Crippen molar-refractivity contribution in [1.82, 2.24) is 9.55 Å². The van der Waals surface area contributed by atoms with E-state index in [-0.39, 0.29) is 0 Å². The Balaban J connectivity index is 1.79. The summed E-state index contributed by atoms with van der Waals surface area (Å²) in [5.41, 5.74) is 4.03. The number of aromatic nitrogens is 2. The van der Waals surface area contributed by atoms with Gasteiger partial charge in [0.1, 0.15) is 11.4 Å². The number of para-hydroxylation sites is 1. The molecule has 0 aliphatic carbocycles. The van der Waals surface area contributed by atoms with Crippen LogP contribution in [0.3, 0.4) is 0 Å². The second-order valence-corrected chi connectivity index (χ2v) is 8.78. The standard InChI is InChI=1S/C31H18N2O/c1-2-10-20-19(9-1)16-17-24-27-21-11-3-4-12-22(21)28-23-13-5-6-14-25(23)34-31(28)30(27)33(29(20)24)26-15-7-8-18-32-26/h1-18H. The molecule has 3 aromatic heterocycles. The topological polar surface area (TPSA) is 31.0 Å². The summed E-state index contributed by atoms with van der Waals surface area (Å²) in [5, 5.41) is 9.55. The van der Waals surface area contributed by atoms with Crippen LogP contribution in [0.15, 0.2) is 114 Å². The van der Waals surface area contributed by atoms with Gasteiger partial charge in [-0.1, -0.05) is 84.9 Å². The van der Waals surface area contributed by atoms with Gasteiger partial charge in [-0.3, -0.25) is 4.57 Å². The highest BCUT2D eigenvalue weighted by Gasteiger charge is 2.24. The SMILES string of the molecule is c1ccc(-n2c3c4ccccc4ccc3c3c4ccccc4c4c5ccccc5oc4c32)nc1. The molecule has 5 aromatic carbocycles. The summed E-state index contributed by atoms with van der Waals surface area (Å²) >= 11 is 0. The third kappa shape index (κ3) is 2.18. The summed E-state index contributed by atoms with van der Waals surface area (Å²) in [5.74, 6) is 0.885. The number of nitrogens with zero attached hydrogens (tertiary/aromatic N) is 2. The van der Waals surface area contributed by atoms with E-state index in [1.165, 1.54) is 32.3 Å². The third-order valence-electron chi connectivity index (χ3n) is 7.01. The largest absolute Gasteiger partial charge is 0.454 e. The first-order valence-electron chi connectivity index (χ1n) is 11.5. The van der Waals surface area contributed by atoms with Crippen LogP contribution in [0.2, 0.25) is 0 Å². The van der Waals surface area contributed by atoms with Crippen molar-refractivity contribution in [2.45, 2.75) is 0 Å². The Morgan fingerprint density at radius 2 is 1.24 bits per heavy atom. The molecule has 0 aliphatic rings. The maximum Gasteiger partial charge on any atom is 0.160 e. The predicted octanol–water partition coefficient (Wildman–Crippen LogP) is 8.38. The summed E-state index contributed by atoms with van der Waals surface area (Å²) in [6.45, 7) is 0. The van der Waals surface area contributed by atoms with Crippen molar-refractivity contribution >= 4 is 65.3 Å². The quantitative estimate of drug-likeness (QED) is 0.260. The van der Waals surface area contributed by atoms with Gasteiger partial charge in [0.25, 0.3) is 0 Å². The molecule has 0 radical (unpaired) electrons. The highest BCUT2D eigenvalue weighted by atomic mass is 16.3. The van der Waals surface area contributed by atoms with Gasteiger partial charge in [-0.2, -0.15) is 0 Å². The molecule has 3 heteroatoms. The number of hydrogen-bond acceptors (Lipinski definition) is 2. The van der Waals surface area contributed by atoms with Gasteiger partial charge < -0.3 is 4.42 Å². The lowest BCUT2D eigenvalue weighted by Gasteiger charge is -2.09. The fourth-order valence-corrected chi connectivity index (χ4v) is 5.65. The predicted molar refractivity (Wildman–Crippen MR) is 141 cm³/mol. The van der Waals surface area contributed by atoms with E-state index in [1.807, 2.05) is 24.4 Å². The van der Waals surface area contributed by atoms with E-state index in [0.29, 0.717) is 0 Å². The van der Waals surface area contributed by atoms with Gasteiger partial charge in [-0.05, 0) is 34.4 Å². The van der Waals surface area contributed by atoms with Gasteiger partial charge in [0.15, 0.2) is 5.58 Å². The first-order chi connectivity index (χ1) is 16.9. The van der Waals surface area contributed by atoms with E-state index in [1.54, 1.807) is 0 Å². The number of hydrogen-bond donors (Lipinski definition) is 0. The van der Waals surface area contributed by atoms with Crippen LogP contribution in [0.1, 0.15) is 0 Å². The minimum Gasteiger partial charge on any atom is -0.454 e. The van der Waals surface area contributed by atoms with Gasteiger partial charge in [0.05, 0.1) is 11.0 Å². The first-order valence-corrected chi connectivity index (χ1v) is 11.5. The molecule has 0 spiro atoms. The second-order valence-electron chi connectivity index (χ2n) is 8.78. The molecule has 0 atom stereocenters. The summed E-state index contributed by atoms with van der Waals surface area (Å²) in [7, 11) is 0. The molecule has 0 aliphatic heterocycles. The van der Waals surface area contributed by atoms with Crippen molar-refractivity contribution in [3.05, 3.63) is 109 Å². The van der Waals surface area contributed by atoms with E-state index in [2.05, 4.69) is 89.5 Å². The number of pyridine rings is 1. The fraction of sp³-hybridized carbons (Fsp3) is 0. The Kier molecular flexibility index (Phi) is 3.39. The highest BCUT2D eigenvalue weighted by Crippen LogP contribution is 2.46. The Hall–Kier alpha value is -4.63. The van der Waals surface area contributed by atoms with Crippen LogP contribution in [0, 0.1) is 0 Å². The Morgan fingerprint density at radius 1 is 0.529 bits per heavy atom. The normalized spacial score (nSPS) is 12.1. The zero-order valence-corrected chi connectivity index (χ0v) is 18.2. The smallest absolute Gasteiger partial charge is 0.160 e. The molecule has 0 fully saturated rings. The van der Waals surface area contributed by atoms with E-state index in [9.17, 15) is 0 Å². The summed E-state index contributed by atoms with van der Waals surface area (Å²) in [6.07, 6.45) is 1.86. The highest BCUT2D eigenvalue weighted by molar-refractivity contribution is 6.36. The molecule has 0 N–H and O–H groups in total. The molecule has 0 unspecified atom stereocenters. The molecular weight excluding hydrogens is 416 g/mol. The molecule has 0 saturated carbocycles. The first kappa shape index (κ1) is 17.9. The van der Waals surface area contributed by atoms with E-state index >= 15 is 0 Å². The maximum atomic E-state index is 6.63. The van der Waals surface area contributed by atoms with Gasteiger partial charge in [-0.15, -0.1) is 0 Å². The lowest BCUT2D eigenvalue weighted by Crippen LogP contribution is -1.97. The minimum atomic E-state index is 0.885. The number of fused-ring (bicyclic) bond motifs is 12. The summed E-state index contributed by atoms with van der Waals surface area (Å²) in [4.78, 5) is 4.79. The van der Waals surface area contributed by atoms with E-state index < -0.39 is 0 Å². The Labute approximate surface area is 194 Å². The van der Waals surface area contributed by atoms with Crippen LogP contribution in [0.4, 0.5) is 0 Å². The van der Waals surface area contributed by atoms with Crippen molar-refractivity contribution < 1.29 is 4.42 Å². The number of rotatable bonds is 1. The monoisotopic (exact) mass is 434 g/mol. The van der Waals surface area contributed by atoms with Gasteiger partial charge in [0.2, 0.25) is 0 Å². The minimum absolute atomic E-state index is 0.885. The fourth-order valence-electron chi connectivity index (χ4n) is 5.65. The third-order valence-corrected chi connectivity index (χ3v) is 7.01. The lowest BCUT2D eigenvalue weighted by molar-refractivity contribution is 0.671. The van der Waals surface area contributed by atoms with Crippen molar-refractivity contribution in [2.24, 2.45) is 0 Å². The molecule has 3 heterocycles. The molecule has 0 saturated heterocycles. The second kappa shape index (κ2) is 6.46. The van der Waals surface area contributed by atoms with Crippen LogP contribution >= 0.6 is 0 Å². The number of furan rings is 1. The molecule has 34 heavy (non-hydrogen) atoms. The van der Waals surface area contributed by atoms with Crippen LogP contribution < -0.4 is 0 Å². The van der Waals surface area contributed by atoms with Gasteiger partial charge in [0, 0.05) is 33.1 Å².